The highest BCUT2D eigenvalue weighted by Crippen LogP contribution is 2.30. The van der Waals surface area contributed by atoms with Crippen molar-refractivity contribution in [2.75, 3.05) is 11.9 Å². The third kappa shape index (κ3) is 4.01. The summed E-state index contributed by atoms with van der Waals surface area (Å²) in [4.78, 5) is 11.5. The number of nitrogens with one attached hydrogen (secondary N) is 1. The van der Waals surface area contributed by atoms with E-state index >= 15 is 0 Å². The normalized spacial score (nSPS) is 11.5. The van der Waals surface area contributed by atoms with Gasteiger partial charge in [-0.2, -0.15) is 13.2 Å². The molecule has 26 heavy (non-hydrogen) atoms. The number of fused-ring (bicyclic) bond motifs is 1. The van der Waals surface area contributed by atoms with Crippen molar-refractivity contribution in [3.05, 3.63) is 54.0 Å². The summed E-state index contributed by atoms with van der Waals surface area (Å²) in [6, 6.07) is 10.1. The smallest absolute Gasteiger partial charge is 0.451 e. The van der Waals surface area contributed by atoms with Crippen molar-refractivity contribution in [1.82, 2.24) is 15.0 Å². The van der Waals surface area contributed by atoms with E-state index in [-0.39, 0.29) is 17.9 Å². The van der Waals surface area contributed by atoms with Gasteiger partial charge in [-0.15, -0.1) is 0 Å². The molecule has 0 radical (unpaired) electrons. The topological polar surface area (TPSA) is 59.9 Å². The number of nitrogens with zero attached hydrogens (tertiary/aromatic N) is 3. The van der Waals surface area contributed by atoms with E-state index in [0.29, 0.717) is 17.9 Å². The first-order valence-corrected chi connectivity index (χ1v) is 8.13. The van der Waals surface area contributed by atoms with Gasteiger partial charge in [-0.1, -0.05) is 25.1 Å². The second kappa shape index (κ2) is 7.55. The molecule has 136 valence electrons. The fraction of sp³-hybridized carbons (Fsp3) is 0.278. The minimum atomic E-state index is -4.62. The Labute approximate surface area is 148 Å². The highest BCUT2D eigenvalue weighted by atomic mass is 19.4. The zero-order valence-electron chi connectivity index (χ0n) is 14.0. The van der Waals surface area contributed by atoms with E-state index in [1.807, 2.05) is 6.92 Å². The SMILES string of the molecule is CCCOc1ncccc1CNc1nc(C(F)(F)F)nc2ccccc12. The van der Waals surface area contributed by atoms with Gasteiger partial charge in [-0.05, 0) is 24.6 Å². The Morgan fingerprint density at radius 1 is 1.08 bits per heavy atom. The third-order valence-corrected chi connectivity index (χ3v) is 3.60. The van der Waals surface area contributed by atoms with E-state index in [1.54, 1.807) is 36.5 Å². The highest BCUT2D eigenvalue weighted by molar-refractivity contribution is 5.89. The molecule has 0 atom stereocenters. The standard InChI is InChI=1S/C18H17F3N4O/c1-2-10-26-16-12(6-5-9-22-16)11-23-15-13-7-3-4-8-14(13)24-17(25-15)18(19,20)21/h3-9H,2,10-11H2,1H3,(H,23,24,25). The molecular formula is C18H17F3N4O. The second-order valence-corrected chi connectivity index (χ2v) is 5.58. The third-order valence-electron chi connectivity index (χ3n) is 3.60. The Balaban J connectivity index is 1.92. The molecule has 0 saturated carbocycles. The molecule has 3 rings (SSSR count). The summed E-state index contributed by atoms with van der Waals surface area (Å²) in [6.07, 6.45) is -2.19. The van der Waals surface area contributed by atoms with Crippen LogP contribution in [0.2, 0.25) is 0 Å². The van der Waals surface area contributed by atoms with Gasteiger partial charge in [0.25, 0.3) is 0 Å². The molecule has 5 nitrogen and oxygen atoms in total. The van der Waals surface area contributed by atoms with E-state index in [2.05, 4.69) is 20.3 Å². The van der Waals surface area contributed by atoms with Crippen LogP contribution in [0.3, 0.4) is 0 Å². The average molecular weight is 362 g/mol. The lowest BCUT2D eigenvalue weighted by Crippen LogP contribution is -2.14. The van der Waals surface area contributed by atoms with Crippen LogP contribution < -0.4 is 10.1 Å². The number of aromatic nitrogens is 3. The van der Waals surface area contributed by atoms with Gasteiger partial charge in [0.2, 0.25) is 11.7 Å². The number of halogens is 3. The zero-order chi connectivity index (χ0) is 18.6. The van der Waals surface area contributed by atoms with E-state index in [4.69, 9.17) is 4.74 Å². The van der Waals surface area contributed by atoms with Gasteiger partial charge in [0.15, 0.2) is 0 Å². The van der Waals surface area contributed by atoms with Crippen LogP contribution in [-0.2, 0) is 12.7 Å². The number of alkyl halides is 3. The summed E-state index contributed by atoms with van der Waals surface area (Å²) in [5, 5.41) is 3.48. The minimum absolute atomic E-state index is 0.119. The fourth-order valence-electron chi connectivity index (χ4n) is 2.40. The number of pyridine rings is 1. The minimum Gasteiger partial charge on any atom is -0.477 e. The van der Waals surface area contributed by atoms with Gasteiger partial charge in [-0.25, -0.2) is 15.0 Å². The molecule has 1 aromatic carbocycles. The predicted octanol–water partition coefficient (Wildman–Crippen LogP) is 4.44. The first-order chi connectivity index (χ1) is 12.5. The molecule has 8 heteroatoms. The van der Waals surface area contributed by atoms with Crippen molar-refractivity contribution in [2.45, 2.75) is 26.1 Å². The summed E-state index contributed by atoms with van der Waals surface area (Å²) in [7, 11) is 0. The van der Waals surface area contributed by atoms with Crippen molar-refractivity contribution in [3.8, 4) is 5.88 Å². The van der Waals surface area contributed by atoms with Gasteiger partial charge in [0.1, 0.15) is 5.82 Å². The van der Waals surface area contributed by atoms with Crippen LogP contribution in [0.15, 0.2) is 42.6 Å². The van der Waals surface area contributed by atoms with Gasteiger partial charge in [0, 0.05) is 23.7 Å². The quantitative estimate of drug-likeness (QED) is 0.702. The zero-order valence-corrected chi connectivity index (χ0v) is 14.0. The summed E-state index contributed by atoms with van der Waals surface area (Å²) in [5.74, 6) is -0.600. The first-order valence-electron chi connectivity index (χ1n) is 8.13. The second-order valence-electron chi connectivity index (χ2n) is 5.58. The number of ether oxygens (including phenoxy) is 1. The lowest BCUT2D eigenvalue weighted by atomic mass is 10.2. The van der Waals surface area contributed by atoms with Crippen molar-refractivity contribution >= 4 is 16.7 Å². The molecule has 0 spiro atoms. The highest BCUT2D eigenvalue weighted by Gasteiger charge is 2.35. The summed E-state index contributed by atoms with van der Waals surface area (Å²) in [5.41, 5.74) is 0.961. The van der Waals surface area contributed by atoms with Gasteiger partial charge in [0.05, 0.1) is 12.1 Å². The molecule has 0 aliphatic rings. The van der Waals surface area contributed by atoms with Crippen LogP contribution in [0.5, 0.6) is 5.88 Å². The average Bonchev–Trinajstić information content (AvgIpc) is 2.64. The van der Waals surface area contributed by atoms with Crippen molar-refractivity contribution in [2.24, 2.45) is 0 Å². The number of hydrogen-bond acceptors (Lipinski definition) is 5. The van der Waals surface area contributed by atoms with Gasteiger partial charge >= 0.3 is 6.18 Å². The fourth-order valence-corrected chi connectivity index (χ4v) is 2.40. The molecule has 0 fully saturated rings. The lowest BCUT2D eigenvalue weighted by Gasteiger charge is -2.14. The maximum atomic E-state index is 13.1. The Bertz CT molecular complexity index is 899. The van der Waals surface area contributed by atoms with Crippen molar-refractivity contribution in [3.63, 3.8) is 0 Å². The Hall–Kier alpha value is -2.90. The number of rotatable bonds is 6. The van der Waals surface area contributed by atoms with E-state index < -0.39 is 12.0 Å². The van der Waals surface area contributed by atoms with Gasteiger partial charge < -0.3 is 10.1 Å². The van der Waals surface area contributed by atoms with Gasteiger partial charge in [-0.3, -0.25) is 0 Å². The molecule has 0 unspecified atom stereocenters. The molecule has 2 heterocycles. The summed E-state index contributed by atoms with van der Waals surface area (Å²) >= 11 is 0. The molecular weight excluding hydrogens is 345 g/mol. The van der Waals surface area contributed by atoms with E-state index in [1.165, 1.54) is 6.07 Å². The molecule has 3 aromatic rings. The first kappa shape index (κ1) is 17.9. The van der Waals surface area contributed by atoms with Crippen LogP contribution in [0.25, 0.3) is 10.9 Å². The molecule has 0 amide bonds. The largest absolute Gasteiger partial charge is 0.477 e. The monoisotopic (exact) mass is 362 g/mol. The number of para-hydroxylation sites is 1. The molecule has 1 N–H and O–H groups in total. The predicted molar refractivity (Wildman–Crippen MR) is 91.9 cm³/mol. The molecule has 0 aliphatic heterocycles. The Morgan fingerprint density at radius 2 is 1.88 bits per heavy atom. The van der Waals surface area contributed by atoms with Crippen LogP contribution in [0.1, 0.15) is 24.7 Å². The van der Waals surface area contributed by atoms with Crippen LogP contribution in [0, 0.1) is 0 Å². The van der Waals surface area contributed by atoms with E-state index in [0.717, 1.165) is 12.0 Å². The maximum absolute atomic E-state index is 13.1. The Kier molecular flexibility index (Phi) is 5.20. The van der Waals surface area contributed by atoms with E-state index in [9.17, 15) is 13.2 Å². The lowest BCUT2D eigenvalue weighted by molar-refractivity contribution is -0.144. The molecule has 2 aromatic heterocycles. The molecule has 0 saturated heterocycles. The van der Waals surface area contributed by atoms with Crippen molar-refractivity contribution in [1.29, 1.82) is 0 Å². The molecule has 0 aliphatic carbocycles. The maximum Gasteiger partial charge on any atom is 0.451 e. The van der Waals surface area contributed by atoms with Crippen LogP contribution in [-0.4, -0.2) is 21.6 Å². The number of benzene rings is 1. The van der Waals surface area contributed by atoms with Crippen LogP contribution >= 0.6 is 0 Å². The van der Waals surface area contributed by atoms with Crippen molar-refractivity contribution < 1.29 is 17.9 Å². The summed E-state index contributed by atoms with van der Waals surface area (Å²) < 4.78 is 44.8. The number of hydrogen-bond donors (Lipinski definition) is 1. The Morgan fingerprint density at radius 3 is 2.65 bits per heavy atom. The number of anilines is 1. The summed E-state index contributed by atoms with van der Waals surface area (Å²) in [6.45, 7) is 2.72. The molecule has 0 bridgehead atoms. The van der Waals surface area contributed by atoms with Crippen LogP contribution in [0.4, 0.5) is 19.0 Å².